The van der Waals surface area contributed by atoms with Crippen LogP contribution in [0.4, 0.5) is 4.39 Å². The standard InChI is InChI=1S/C18H25FN2O3/c1-4-24-18(23)13-6-9-21(10-7-13)17(22)16-15(19)14(5-8-20-16)11-12(2)3/h5,8,12-13H,4,6-7,9-11H2,1-3H3. The molecule has 1 saturated heterocycles. The first-order chi connectivity index (χ1) is 11.4. The molecule has 0 saturated carbocycles. The number of amides is 1. The highest BCUT2D eigenvalue weighted by Crippen LogP contribution is 2.22. The lowest BCUT2D eigenvalue weighted by molar-refractivity contribution is -0.149. The summed E-state index contributed by atoms with van der Waals surface area (Å²) in [7, 11) is 0. The molecular weight excluding hydrogens is 311 g/mol. The fraction of sp³-hybridized carbons (Fsp3) is 0.611. The van der Waals surface area contributed by atoms with Crippen LogP contribution in [0.25, 0.3) is 0 Å². The summed E-state index contributed by atoms with van der Waals surface area (Å²) in [5.41, 5.74) is 0.396. The SMILES string of the molecule is CCOC(=O)C1CCN(C(=O)c2nccc(CC(C)C)c2F)CC1. The van der Waals surface area contributed by atoms with Gasteiger partial charge >= 0.3 is 5.97 Å². The van der Waals surface area contributed by atoms with Gasteiger partial charge in [-0.2, -0.15) is 0 Å². The first-order valence-corrected chi connectivity index (χ1v) is 8.53. The highest BCUT2D eigenvalue weighted by atomic mass is 19.1. The third kappa shape index (κ3) is 4.30. The molecule has 0 aromatic carbocycles. The summed E-state index contributed by atoms with van der Waals surface area (Å²) in [5.74, 6) is -1.03. The van der Waals surface area contributed by atoms with Crippen molar-refractivity contribution in [1.29, 1.82) is 0 Å². The molecule has 0 bridgehead atoms. The van der Waals surface area contributed by atoms with Crippen molar-refractivity contribution in [2.75, 3.05) is 19.7 Å². The van der Waals surface area contributed by atoms with Crippen LogP contribution in [0.3, 0.4) is 0 Å². The van der Waals surface area contributed by atoms with Crippen molar-refractivity contribution in [2.45, 2.75) is 40.0 Å². The van der Waals surface area contributed by atoms with E-state index in [1.807, 2.05) is 13.8 Å². The molecule has 1 fully saturated rings. The number of nitrogens with zero attached hydrogens (tertiary/aromatic N) is 2. The lowest BCUT2D eigenvalue weighted by Gasteiger charge is -2.30. The molecule has 1 aromatic rings. The molecule has 0 radical (unpaired) electrons. The van der Waals surface area contributed by atoms with Gasteiger partial charge in [0.15, 0.2) is 11.5 Å². The van der Waals surface area contributed by atoms with Gasteiger partial charge in [-0.25, -0.2) is 9.37 Å². The first-order valence-electron chi connectivity index (χ1n) is 8.53. The van der Waals surface area contributed by atoms with Gasteiger partial charge in [0.25, 0.3) is 5.91 Å². The fourth-order valence-corrected chi connectivity index (χ4v) is 2.96. The largest absolute Gasteiger partial charge is 0.466 e. The maximum atomic E-state index is 14.6. The molecule has 6 heteroatoms. The van der Waals surface area contributed by atoms with Gasteiger partial charge < -0.3 is 9.64 Å². The zero-order valence-electron chi connectivity index (χ0n) is 14.5. The van der Waals surface area contributed by atoms with Crippen LogP contribution in [0.2, 0.25) is 0 Å². The van der Waals surface area contributed by atoms with Crippen LogP contribution < -0.4 is 0 Å². The van der Waals surface area contributed by atoms with Gasteiger partial charge in [0, 0.05) is 19.3 Å². The van der Waals surface area contributed by atoms with E-state index < -0.39 is 11.7 Å². The van der Waals surface area contributed by atoms with Gasteiger partial charge in [0.2, 0.25) is 0 Å². The molecule has 0 N–H and O–H groups in total. The topological polar surface area (TPSA) is 59.5 Å². The number of rotatable bonds is 5. The summed E-state index contributed by atoms with van der Waals surface area (Å²) in [6, 6.07) is 1.62. The van der Waals surface area contributed by atoms with E-state index in [0.29, 0.717) is 50.4 Å². The number of piperidine rings is 1. The van der Waals surface area contributed by atoms with Crippen molar-refractivity contribution in [3.63, 3.8) is 0 Å². The van der Waals surface area contributed by atoms with E-state index in [2.05, 4.69) is 4.98 Å². The van der Waals surface area contributed by atoms with Crippen LogP contribution in [0.15, 0.2) is 12.3 Å². The van der Waals surface area contributed by atoms with Crippen LogP contribution >= 0.6 is 0 Å². The molecule has 0 unspecified atom stereocenters. The first kappa shape index (κ1) is 18.4. The van der Waals surface area contributed by atoms with Gasteiger partial charge in [-0.1, -0.05) is 13.8 Å². The molecule has 1 aliphatic rings. The molecule has 0 spiro atoms. The number of carbonyl (C=O) groups is 2. The molecule has 5 nitrogen and oxygen atoms in total. The average Bonchev–Trinajstić information content (AvgIpc) is 2.56. The minimum absolute atomic E-state index is 0.122. The van der Waals surface area contributed by atoms with E-state index in [0.717, 1.165) is 0 Å². The molecule has 0 atom stereocenters. The Morgan fingerprint density at radius 1 is 1.38 bits per heavy atom. The third-order valence-corrected chi connectivity index (χ3v) is 4.20. The van der Waals surface area contributed by atoms with E-state index in [1.165, 1.54) is 6.20 Å². The Kier molecular flexibility index (Phi) is 6.29. The van der Waals surface area contributed by atoms with E-state index in [-0.39, 0.29) is 17.6 Å². The summed E-state index contributed by atoms with van der Waals surface area (Å²) < 4.78 is 19.6. The second-order valence-corrected chi connectivity index (χ2v) is 6.55. The van der Waals surface area contributed by atoms with E-state index in [4.69, 9.17) is 4.74 Å². The molecule has 2 rings (SSSR count). The summed E-state index contributed by atoms with van der Waals surface area (Å²) in [6.45, 7) is 6.96. The van der Waals surface area contributed by atoms with Crippen LogP contribution in [-0.2, 0) is 16.0 Å². The quantitative estimate of drug-likeness (QED) is 0.776. The molecular formula is C18H25FN2O3. The number of pyridine rings is 1. The summed E-state index contributed by atoms with van der Waals surface area (Å²) in [5, 5.41) is 0. The van der Waals surface area contributed by atoms with Crippen LogP contribution in [-0.4, -0.2) is 41.5 Å². The van der Waals surface area contributed by atoms with Crippen LogP contribution in [0.1, 0.15) is 49.7 Å². The highest BCUT2D eigenvalue weighted by molar-refractivity contribution is 5.93. The van der Waals surface area contributed by atoms with Gasteiger partial charge in [-0.15, -0.1) is 0 Å². The molecule has 0 aliphatic carbocycles. The summed E-state index contributed by atoms with van der Waals surface area (Å²) >= 11 is 0. The zero-order valence-corrected chi connectivity index (χ0v) is 14.5. The predicted molar refractivity (Wildman–Crippen MR) is 88.0 cm³/mol. The van der Waals surface area contributed by atoms with Crippen LogP contribution in [0.5, 0.6) is 0 Å². The second kappa shape index (κ2) is 8.22. The number of halogens is 1. The average molecular weight is 336 g/mol. The molecule has 1 amide bonds. The maximum Gasteiger partial charge on any atom is 0.309 e. The van der Waals surface area contributed by atoms with E-state index in [9.17, 15) is 14.0 Å². The third-order valence-electron chi connectivity index (χ3n) is 4.20. The van der Waals surface area contributed by atoms with Gasteiger partial charge in [0.05, 0.1) is 12.5 Å². The number of esters is 1. The smallest absolute Gasteiger partial charge is 0.309 e. The second-order valence-electron chi connectivity index (χ2n) is 6.55. The van der Waals surface area contributed by atoms with Crippen molar-refractivity contribution < 1.29 is 18.7 Å². The molecule has 24 heavy (non-hydrogen) atoms. The Morgan fingerprint density at radius 2 is 2.04 bits per heavy atom. The lowest BCUT2D eigenvalue weighted by Crippen LogP contribution is -2.41. The molecule has 1 aliphatic heterocycles. The molecule has 2 heterocycles. The maximum absolute atomic E-state index is 14.6. The Hall–Kier alpha value is -1.98. The predicted octanol–water partition coefficient (Wildman–Crippen LogP) is 2.83. The van der Waals surface area contributed by atoms with Crippen LogP contribution in [0, 0.1) is 17.7 Å². The number of hydrogen-bond acceptors (Lipinski definition) is 4. The van der Waals surface area contributed by atoms with Gasteiger partial charge in [-0.05, 0) is 43.7 Å². The fourth-order valence-electron chi connectivity index (χ4n) is 2.96. The number of aromatic nitrogens is 1. The molecule has 1 aromatic heterocycles. The summed E-state index contributed by atoms with van der Waals surface area (Å²) in [4.78, 5) is 29.8. The van der Waals surface area contributed by atoms with Crippen molar-refractivity contribution in [3.8, 4) is 0 Å². The van der Waals surface area contributed by atoms with Crippen molar-refractivity contribution in [2.24, 2.45) is 11.8 Å². The van der Waals surface area contributed by atoms with Gasteiger partial charge in [-0.3, -0.25) is 9.59 Å². The lowest BCUT2D eigenvalue weighted by atomic mass is 9.96. The van der Waals surface area contributed by atoms with Gasteiger partial charge in [0.1, 0.15) is 0 Å². The van der Waals surface area contributed by atoms with Crippen molar-refractivity contribution in [1.82, 2.24) is 9.88 Å². The Morgan fingerprint density at radius 3 is 2.62 bits per heavy atom. The Balaban J connectivity index is 2.04. The zero-order chi connectivity index (χ0) is 17.7. The van der Waals surface area contributed by atoms with E-state index >= 15 is 0 Å². The monoisotopic (exact) mass is 336 g/mol. The number of carbonyl (C=O) groups excluding carboxylic acids is 2. The minimum atomic E-state index is -0.524. The molecule has 132 valence electrons. The minimum Gasteiger partial charge on any atom is -0.466 e. The number of likely N-dealkylation sites (tertiary alicyclic amines) is 1. The van der Waals surface area contributed by atoms with Crippen molar-refractivity contribution >= 4 is 11.9 Å². The Labute approximate surface area is 142 Å². The Bertz CT molecular complexity index is 596. The summed E-state index contributed by atoms with van der Waals surface area (Å²) in [6.07, 6.45) is 3.13. The number of ether oxygens (including phenoxy) is 1. The van der Waals surface area contributed by atoms with E-state index in [1.54, 1.807) is 17.9 Å². The highest BCUT2D eigenvalue weighted by Gasteiger charge is 2.30. The van der Waals surface area contributed by atoms with Crippen molar-refractivity contribution in [3.05, 3.63) is 29.3 Å². The number of hydrogen-bond donors (Lipinski definition) is 0. The normalized spacial score (nSPS) is 15.6.